The molecule has 0 saturated heterocycles. The Hall–Kier alpha value is -1.65. The zero-order chi connectivity index (χ0) is 13.9. The molecule has 1 heterocycles. The summed E-state index contributed by atoms with van der Waals surface area (Å²) < 4.78 is 5.72. The number of hydrogen-bond acceptors (Lipinski definition) is 4. The summed E-state index contributed by atoms with van der Waals surface area (Å²) >= 11 is 0. The highest BCUT2D eigenvalue weighted by atomic mass is 16.4. The number of likely N-dealkylation sites (N-methyl/N-ethyl adjacent to an activating group) is 1. The van der Waals surface area contributed by atoms with Crippen molar-refractivity contribution < 1.29 is 9.52 Å². The zero-order valence-corrected chi connectivity index (χ0v) is 11.6. The Labute approximate surface area is 113 Å². The molecule has 0 radical (unpaired) electrons. The van der Waals surface area contributed by atoms with Gasteiger partial charge in [0.05, 0.1) is 18.3 Å². The second kappa shape index (κ2) is 5.55. The van der Waals surface area contributed by atoms with Crippen molar-refractivity contribution in [3.05, 3.63) is 42.4 Å². The minimum absolute atomic E-state index is 0.566. The summed E-state index contributed by atoms with van der Waals surface area (Å²) in [5.74, 6) is 1.43. The van der Waals surface area contributed by atoms with E-state index in [2.05, 4.69) is 4.98 Å². The number of oxazole rings is 1. The molecule has 0 atom stereocenters. The molecule has 1 aromatic heterocycles. The van der Waals surface area contributed by atoms with Crippen LogP contribution in [0, 0.1) is 0 Å². The van der Waals surface area contributed by atoms with Gasteiger partial charge in [0.1, 0.15) is 0 Å². The lowest BCUT2D eigenvalue weighted by molar-refractivity contribution is 0.0403. The Kier molecular flexibility index (Phi) is 4.02. The first-order chi connectivity index (χ1) is 8.94. The minimum Gasteiger partial charge on any atom is -0.439 e. The molecule has 0 aliphatic rings. The van der Waals surface area contributed by atoms with Crippen LogP contribution < -0.4 is 0 Å². The minimum atomic E-state index is -0.719. The van der Waals surface area contributed by atoms with E-state index in [9.17, 15) is 5.11 Å². The van der Waals surface area contributed by atoms with E-state index in [1.165, 1.54) is 0 Å². The number of nitrogens with zero attached hydrogens (tertiary/aromatic N) is 2. The molecule has 2 aromatic rings. The molecule has 0 unspecified atom stereocenters. The molecular weight excluding hydrogens is 240 g/mol. The van der Waals surface area contributed by atoms with E-state index in [0.717, 1.165) is 11.3 Å². The van der Waals surface area contributed by atoms with Crippen LogP contribution in [-0.2, 0) is 6.54 Å². The molecular formula is C15H20N2O2. The molecule has 0 amide bonds. The lowest BCUT2D eigenvalue weighted by atomic mass is 10.1. The van der Waals surface area contributed by atoms with Crippen LogP contribution in [0.25, 0.3) is 11.3 Å². The average Bonchev–Trinajstić information content (AvgIpc) is 2.76. The molecule has 1 aromatic carbocycles. The fraction of sp³-hybridized carbons (Fsp3) is 0.400. The number of aromatic nitrogens is 1. The molecule has 0 spiro atoms. The summed E-state index contributed by atoms with van der Waals surface area (Å²) in [7, 11) is 1.93. The van der Waals surface area contributed by atoms with E-state index in [0.29, 0.717) is 19.0 Å². The van der Waals surface area contributed by atoms with Crippen molar-refractivity contribution in [1.82, 2.24) is 9.88 Å². The molecule has 19 heavy (non-hydrogen) atoms. The second-order valence-electron chi connectivity index (χ2n) is 5.47. The molecule has 0 fully saturated rings. The van der Waals surface area contributed by atoms with Gasteiger partial charge < -0.3 is 9.52 Å². The van der Waals surface area contributed by atoms with Gasteiger partial charge in [-0.2, -0.15) is 0 Å². The van der Waals surface area contributed by atoms with Crippen molar-refractivity contribution in [2.45, 2.75) is 26.0 Å². The summed E-state index contributed by atoms with van der Waals surface area (Å²) in [5.41, 5.74) is 0.301. The van der Waals surface area contributed by atoms with Gasteiger partial charge in [-0.05, 0) is 20.9 Å². The Morgan fingerprint density at radius 3 is 2.58 bits per heavy atom. The fourth-order valence-corrected chi connectivity index (χ4v) is 2.07. The molecule has 2 rings (SSSR count). The summed E-state index contributed by atoms with van der Waals surface area (Å²) in [4.78, 5) is 6.26. The topological polar surface area (TPSA) is 49.5 Å². The maximum atomic E-state index is 9.76. The standard InChI is InChI=1S/C15H20N2O2/c1-15(2,18)11-17(3)10-14-16-9-13(19-14)12-7-5-4-6-8-12/h4-9,18H,10-11H2,1-3H3. The van der Waals surface area contributed by atoms with E-state index >= 15 is 0 Å². The van der Waals surface area contributed by atoms with Gasteiger partial charge in [0.2, 0.25) is 5.89 Å². The van der Waals surface area contributed by atoms with E-state index < -0.39 is 5.60 Å². The van der Waals surface area contributed by atoms with Gasteiger partial charge in [-0.25, -0.2) is 4.98 Å². The van der Waals surface area contributed by atoms with Crippen molar-refractivity contribution in [1.29, 1.82) is 0 Å². The first kappa shape index (κ1) is 13.8. The van der Waals surface area contributed by atoms with Crippen LogP contribution in [0.4, 0.5) is 0 Å². The van der Waals surface area contributed by atoms with Crippen LogP contribution in [-0.4, -0.2) is 34.2 Å². The zero-order valence-electron chi connectivity index (χ0n) is 11.6. The first-order valence-electron chi connectivity index (χ1n) is 6.35. The third kappa shape index (κ3) is 4.19. The maximum absolute atomic E-state index is 9.76. The van der Waals surface area contributed by atoms with E-state index in [1.54, 1.807) is 20.0 Å². The average molecular weight is 260 g/mol. The highest BCUT2D eigenvalue weighted by Gasteiger charge is 2.17. The molecule has 102 valence electrons. The van der Waals surface area contributed by atoms with Gasteiger partial charge in [0.15, 0.2) is 5.76 Å². The summed E-state index contributed by atoms with van der Waals surface area (Å²) in [6.07, 6.45) is 1.74. The first-order valence-corrected chi connectivity index (χ1v) is 6.35. The van der Waals surface area contributed by atoms with Gasteiger partial charge >= 0.3 is 0 Å². The quantitative estimate of drug-likeness (QED) is 0.897. The van der Waals surface area contributed by atoms with Gasteiger partial charge in [0, 0.05) is 12.1 Å². The third-order valence-corrected chi connectivity index (χ3v) is 2.67. The lowest BCUT2D eigenvalue weighted by Gasteiger charge is -2.24. The number of rotatable bonds is 5. The molecule has 4 heteroatoms. The van der Waals surface area contributed by atoms with Gasteiger partial charge in [-0.1, -0.05) is 30.3 Å². The molecule has 0 bridgehead atoms. The summed E-state index contributed by atoms with van der Waals surface area (Å²) in [6.45, 7) is 4.72. The van der Waals surface area contributed by atoms with E-state index in [4.69, 9.17) is 4.42 Å². The van der Waals surface area contributed by atoms with Crippen molar-refractivity contribution in [3.63, 3.8) is 0 Å². The highest BCUT2D eigenvalue weighted by Crippen LogP contribution is 2.20. The third-order valence-electron chi connectivity index (χ3n) is 2.67. The van der Waals surface area contributed by atoms with Crippen LogP contribution in [0.3, 0.4) is 0 Å². The molecule has 0 aliphatic carbocycles. The Balaban J connectivity index is 2.02. The smallest absolute Gasteiger partial charge is 0.209 e. The van der Waals surface area contributed by atoms with Crippen LogP contribution in [0.15, 0.2) is 40.9 Å². The number of aliphatic hydroxyl groups is 1. The monoisotopic (exact) mass is 260 g/mol. The maximum Gasteiger partial charge on any atom is 0.209 e. The Morgan fingerprint density at radius 1 is 1.26 bits per heavy atom. The fourth-order valence-electron chi connectivity index (χ4n) is 2.07. The van der Waals surface area contributed by atoms with Gasteiger partial charge in [-0.15, -0.1) is 0 Å². The molecule has 0 saturated carbocycles. The Morgan fingerprint density at radius 2 is 1.95 bits per heavy atom. The SMILES string of the molecule is CN(Cc1ncc(-c2ccccc2)o1)CC(C)(C)O. The summed E-state index contributed by atoms with van der Waals surface area (Å²) in [6, 6.07) is 9.89. The predicted molar refractivity (Wildman–Crippen MR) is 74.6 cm³/mol. The molecule has 4 nitrogen and oxygen atoms in total. The van der Waals surface area contributed by atoms with Crippen LogP contribution >= 0.6 is 0 Å². The Bertz CT molecular complexity index is 514. The molecule has 1 N–H and O–H groups in total. The lowest BCUT2D eigenvalue weighted by Crippen LogP contribution is -2.35. The molecule has 0 aliphatic heterocycles. The predicted octanol–water partition coefficient (Wildman–Crippen LogP) is 2.54. The number of hydrogen-bond donors (Lipinski definition) is 1. The van der Waals surface area contributed by atoms with Gasteiger partial charge in [-0.3, -0.25) is 4.90 Å². The van der Waals surface area contributed by atoms with Crippen molar-refractivity contribution in [2.24, 2.45) is 0 Å². The summed E-state index contributed by atoms with van der Waals surface area (Å²) in [5, 5.41) is 9.76. The number of benzene rings is 1. The van der Waals surface area contributed by atoms with E-state index in [-0.39, 0.29) is 0 Å². The van der Waals surface area contributed by atoms with Crippen molar-refractivity contribution in [2.75, 3.05) is 13.6 Å². The van der Waals surface area contributed by atoms with Crippen LogP contribution in [0.5, 0.6) is 0 Å². The van der Waals surface area contributed by atoms with Crippen LogP contribution in [0.2, 0.25) is 0 Å². The highest BCUT2D eigenvalue weighted by molar-refractivity contribution is 5.55. The van der Waals surface area contributed by atoms with Crippen molar-refractivity contribution >= 4 is 0 Å². The van der Waals surface area contributed by atoms with Crippen LogP contribution in [0.1, 0.15) is 19.7 Å². The van der Waals surface area contributed by atoms with E-state index in [1.807, 2.05) is 42.3 Å². The van der Waals surface area contributed by atoms with Gasteiger partial charge in [0.25, 0.3) is 0 Å². The van der Waals surface area contributed by atoms with Crippen molar-refractivity contribution in [3.8, 4) is 11.3 Å². The largest absolute Gasteiger partial charge is 0.439 e. The second-order valence-corrected chi connectivity index (χ2v) is 5.47. The normalized spacial score (nSPS) is 12.1.